The fourth-order valence-corrected chi connectivity index (χ4v) is 3.52. The van der Waals surface area contributed by atoms with Crippen LogP contribution in [0.25, 0.3) is 22.1 Å². The van der Waals surface area contributed by atoms with Crippen molar-refractivity contribution >= 4 is 11.0 Å². The van der Waals surface area contributed by atoms with E-state index in [1.807, 2.05) is 0 Å². The van der Waals surface area contributed by atoms with Gasteiger partial charge >= 0.3 is 0 Å². The summed E-state index contributed by atoms with van der Waals surface area (Å²) in [6.07, 6.45) is -6.04. The molecule has 10 nitrogen and oxygen atoms in total. The van der Waals surface area contributed by atoms with Crippen LogP contribution in [0.15, 0.2) is 51.9 Å². The number of fused-ring (bicyclic) bond motifs is 1. The number of hydrogen-bond acceptors (Lipinski definition) is 10. The van der Waals surface area contributed by atoms with E-state index in [1.54, 1.807) is 12.1 Å². The minimum absolute atomic E-state index is 0.0462. The Hall–Kier alpha value is -3.15. The van der Waals surface area contributed by atoms with Gasteiger partial charge in [-0.05, 0) is 23.8 Å². The van der Waals surface area contributed by atoms with Crippen molar-refractivity contribution in [3.05, 3.63) is 52.9 Å². The molecule has 0 aliphatic carbocycles. The van der Waals surface area contributed by atoms with E-state index in [9.17, 15) is 30.3 Å². The van der Waals surface area contributed by atoms with Crippen LogP contribution in [0.5, 0.6) is 17.2 Å². The quantitative estimate of drug-likeness (QED) is 0.370. The lowest BCUT2D eigenvalue weighted by molar-refractivity contribution is -0.277. The second-order valence-corrected chi connectivity index (χ2v) is 7.34. The van der Waals surface area contributed by atoms with Crippen LogP contribution in [0.4, 0.5) is 0 Å². The molecule has 1 aromatic heterocycles. The highest BCUT2D eigenvalue weighted by Crippen LogP contribution is 2.35. The Labute approximate surface area is 181 Å². The highest BCUT2D eigenvalue weighted by molar-refractivity contribution is 5.84. The molecule has 2 aromatic carbocycles. The van der Waals surface area contributed by atoms with Crippen LogP contribution in [0.2, 0.25) is 0 Å². The monoisotopic (exact) mass is 446 g/mol. The molecule has 3 aromatic rings. The van der Waals surface area contributed by atoms with Crippen molar-refractivity contribution < 1.29 is 44.2 Å². The number of phenols is 1. The van der Waals surface area contributed by atoms with Crippen LogP contribution < -0.4 is 14.9 Å². The van der Waals surface area contributed by atoms with Crippen molar-refractivity contribution in [2.45, 2.75) is 30.7 Å². The molecule has 4 rings (SSSR count). The largest absolute Gasteiger partial charge is 0.508 e. The molecule has 10 heteroatoms. The number of rotatable bonds is 5. The maximum atomic E-state index is 13.0. The number of phenolic OH excluding ortho intramolecular Hbond substituents is 1. The van der Waals surface area contributed by atoms with Crippen molar-refractivity contribution in [3.63, 3.8) is 0 Å². The van der Waals surface area contributed by atoms with Gasteiger partial charge in [0, 0.05) is 6.07 Å². The molecule has 1 fully saturated rings. The first-order valence-corrected chi connectivity index (χ1v) is 9.74. The average molecular weight is 446 g/mol. The molecule has 0 radical (unpaired) electrons. The van der Waals surface area contributed by atoms with Crippen LogP contribution in [-0.2, 0) is 4.74 Å². The number of hydrogen-bond donors (Lipinski definition) is 5. The van der Waals surface area contributed by atoms with Gasteiger partial charge in [0.05, 0.1) is 24.7 Å². The number of ether oxygens (including phenoxy) is 3. The fraction of sp³-hybridized carbons (Fsp3) is 0.318. The van der Waals surface area contributed by atoms with Gasteiger partial charge in [-0.1, -0.05) is 12.1 Å². The van der Waals surface area contributed by atoms with Gasteiger partial charge in [0.25, 0.3) is 0 Å². The smallest absolute Gasteiger partial charge is 0.229 e. The Kier molecular flexibility index (Phi) is 6.04. The summed E-state index contributed by atoms with van der Waals surface area (Å²) >= 11 is 0. The Morgan fingerprint density at radius 2 is 1.72 bits per heavy atom. The summed E-state index contributed by atoms with van der Waals surface area (Å²) in [6, 6.07) is 8.86. The number of aliphatic hydroxyl groups is 4. The molecule has 0 amide bonds. The van der Waals surface area contributed by atoms with Gasteiger partial charge in [-0.3, -0.25) is 4.79 Å². The summed E-state index contributed by atoms with van der Waals surface area (Å²) in [6.45, 7) is -0.603. The summed E-state index contributed by atoms with van der Waals surface area (Å²) in [5.74, 6) is 0.241. The predicted molar refractivity (Wildman–Crippen MR) is 111 cm³/mol. The second-order valence-electron chi connectivity index (χ2n) is 7.34. The van der Waals surface area contributed by atoms with Gasteiger partial charge in [-0.15, -0.1) is 0 Å². The number of aromatic hydroxyl groups is 1. The Morgan fingerprint density at radius 1 is 1.00 bits per heavy atom. The lowest BCUT2D eigenvalue weighted by Gasteiger charge is -2.39. The molecular weight excluding hydrogens is 424 g/mol. The lowest BCUT2D eigenvalue weighted by atomic mass is 9.99. The molecule has 5 atom stereocenters. The normalized spacial score (nSPS) is 25.6. The van der Waals surface area contributed by atoms with Crippen molar-refractivity contribution in [1.29, 1.82) is 0 Å². The minimum Gasteiger partial charge on any atom is -0.508 e. The van der Waals surface area contributed by atoms with Crippen LogP contribution in [0, 0.1) is 0 Å². The summed E-state index contributed by atoms with van der Waals surface area (Å²) in [5, 5.41) is 49.1. The highest BCUT2D eigenvalue weighted by Gasteiger charge is 2.45. The maximum Gasteiger partial charge on any atom is 0.229 e. The Bertz CT molecular complexity index is 1150. The molecule has 0 unspecified atom stereocenters. The molecule has 1 saturated heterocycles. The molecular formula is C22H22O10. The zero-order valence-corrected chi connectivity index (χ0v) is 16.9. The van der Waals surface area contributed by atoms with Gasteiger partial charge in [0.2, 0.25) is 11.7 Å². The molecule has 170 valence electrons. The van der Waals surface area contributed by atoms with Gasteiger partial charge < -0.3 is 44.2 Å². The first-order chi connectivity index (χ1) is 15.3. The third kappa shape index (κ3) is 3.90. The Balaban J connectivity index is 1.71. The van der Waals surface area contributed by atoms with Crippen LogP contribution in [0.3, 0.4) is 0 Å². The lowest BCUT2D eigenvalue weighted by Crippen LogP contribution is -2.60. The van der Waals surface area contributed by atoms with Crippen molar-refractivity contribution in [3.8, 4) is 28.4 Å². The third-order valence-corrected chi connectivity index (χ3v) is 5.33. The SMILES string of the molecule is COc1cc2c(=O)c(-c3ccc(O)cc3)coc2cc1O[C@@H]1O[C@@H](CO)[C@@H](O)[C@@H](O)[C@@H]1O. The van der Waals surface area contributed by atoms with E-state index in [0.717, 1.165) is 0 Å². The minimum atomic E-state index is -1.61. The van der Waals surface area contributed by atoms with Gasteiger partial charge in [0.15, 0.2) is 11.5 Å². The summed E-state index contributed by atoms with van der Waals surface area (Å²) in [4.78, 5) is 13.0. The van der Waals surface area contributed by atoms with Gasteiger partial charge in [-0.2, -0.15) is 0 Å². The molecule has 0 bridgehead atoms. The average Bonchev–Trinajstić information content (AvgIpc) is 2.80. The second kappa shape index (κ2) is 8.77. The molecule has 0 saturated carbocycles. The van der Waals surface area contributed by atoms with E-state index in [1.165, 1.54) is 37.6 Å². The van der Waals surface area contributed by atoms with Crippen molar-refractivity contribution in [2.75, 3.05) is 13.7 Å². The topological polar surface area (TPSA) is 159 Å². The standard InChI is InChI=1S/C22H22O10/c1-29-15-6-12-14(30-9-13(18(12)25)10-2-4-11(24)5-3-10)7-16(15)31-22-21(28)20(27)19(26)17(8-23)32-22/h2-7,9,17,19-24,26-28H,8H2,1H3/t17-,19+,20+,21-,22+/m0/s1. The predicted octanol–water partition coefficient (Wildman–Crippen LogP) is 0.353. The molecule has 1 aliphatic heterocycles. The molecule has 32 heavy (non-hydrogen) atoms. The van der Waals surface area contributed by atoms with Crippen molar-refractivity contribution in [2.24, 2.45) is 0 Å². The summed E-state index contributed by atoms with van der Waals surface area (Å²) < 4.78 is 21.9. The van der Waals surface area contributed by atoms with E-state index in [2.05, 4.69) is 0 Å². The zero-order valence-electron chi connectivity index (χ0n) is 16.9. The summed E-state index contributed by atoms with van der Waals surface area (Å²) in [5.41, 5.74) is 0.661. The van der Waals surface area contributed by atoms with Gasteiger partial charge in [0.1, 0.15) is 42.0 Å². The molecule has 2 heterocycles. The van der Waals surface area contributed by atoms with Crippen LogP contribution >= 0.6 is 0 Å². The van der Waals surface area contributed by atoms with E-state index < -0.39 is 37.3 Å². The molecule has 5 N–H and O–H groups in total. The van der Waals surface area contributed by atoms with E-state index in [-0.39, 0.29) is 39.2 Å². The van der Waals surface area contributed by atoms with E-state index in [0.29, 0.717) is 5.56 Å². The zero-order chi connectivity index (χ0) is 23.0. The van der Waals surface area contributed by atoms with Crippen LogP contribution in [0.1, 0.15) is 0 Å². The number of aliphatic hydroxyl groups excluding tert-OH is 4. The van der Waals surface area contributed by atoms with Crippen molar-refractivity contribution in [1.82, 2.24) is 0 Å². The van der Waals surface area contributed by atoms with Gasteiger partial charge in [-0.25, -0.2) is 0 Å². The Morgan fingerprint density at radius 3 is 2.38 bits per heavy atom. The summed E-state index contributed by atoms with van der Waals surface area (Å²) in [7, 11) is 1.35. The fourth-order valence-electron chi connectivity index (χ4n) is 3.52. The van der Waals surface area contributed by atoms with E-state index in [4.69, 9.17) is 18.6 Å². The van der Waals surface area contributed by atoms with E-state index >= 15 is 0 Å². The first-order valence-electron chi connectivity index (χ1n) is 9.74. The number of benzene rings is 2. The molecule has 1 aliphatic rings. The maximum absolute atomic E-state index is 13.0. The number of methoxy groups -OCH3 is 1. The van der Waals surface area contributed by atoms with Crippen LogP contribution in [-0.4, -0.2) is 70.0 Å². The third-order valence-electron chi connectivity index (χ3n) is 5.33. The highest BCUT2D eigenvalue weighted by atomic mass is 16.7. The first kappa shape index (κ1) is 22.1. The molecule has 0 spiro atoms.